The fourth-order valence-electron chi connectivity index (χ4n) is 0.918. The summed E-state index contributed by atoms with van der Waals surface area (Å²) in [6.45, 7) is 2.00. The molecule has 1 aliphatic rings. The first kappa shape index (κ1) is 8.92. The Balaban J connectivity index is 2.24. The van der Waals surface area contributed by atoms with Gasteiger partial charge in [0.2, 0.25) is 0 Å². The van der Waals surface area contributed by atoms with Crippen molar-refractivity contribution in [1.82, 2.24) is 5.32 Å². The van der Waals surface area contributed by atoms with Crippen molar-refractivity contribution in [2.45, 2.75) is 38.3 Å². The number of hydrogen-bond acceptors (Lipinski definition) is 1. The lowest BCUT2D eigenvalue weighted by atomic mass is 10.2. The van der Waals surface area contributed by atoms with Crippen LogP contribution in [0.4, 0.5) is 0 Å². The standard InChI is InChI=1S/C9H15N3/c1-3-4-7(2)11-9(10)12-8-5-6-8/h1,7-8H,4-6H2,2H3,(H3,10,11,12). The average molecular weight is 165 g/mol. The van der Waals surface area contributed by atoms with Crippen molar-refractivity contribution < 1.29 is 0 Å². The zero-order chi connectivity index (χ0) is 8.97. The minimum Gasteiger partial charge on any atom is -0.370 e. The van der Waals surface area contributed by atoms with E-state index in [1.165, 1.54) is 12.8 Å². The maximum Gasteiger partial charge on any atom is 0.189 e. The van der Waals surface area contributed by atoms with E-state index in [2.05, 4.69) is 16.2 Å². The maximum absolute atomic E-state index is 5.62. The van der Waals surface area contributed by atoms with Crippen LogP contribution in [0.2, 0.25) is 0 Å². The van der Waals surface area contributed by atoms with Crippen molar-refractivity contribution in [2.24, 2.45) is 10.7 Å². The molecule has 0 radical (unpaired) electrons. The summed E-state index contributed by atoms with van der Waals surface area (Å²) >= 11 is 0. The first-order valence-corrected chi connectivity index (χ1v) is 4.25. The third-order valence-electron chi connectivity index (χ3n) is 1.69. The van der Waals surface area contributed by atoms with Gasteiger partial charge in [-0.15, -0.1) is 12.3 Å². The summed E-state index contributed by atoms with van der Waals surface area (Å²) in [5.74, 6) is 3.10. The van der Waals surface area contributed by atoms with Gasteiger partial charge in [-0.1, -0.05) is 0 Å². The minimum atomic E-state index is 0.220. The van der Waals surface area contributed by atoms with Gasteiger partial charge in [-0.3, -0.25) is 4.99 Å². The first-order chi connectivity index (χ1) is 5.72. The third-order valence-corrected chi connectivity index (χ3v) is 1.69. The van der Waals surface area contributed by atoms with E-state index in [1.54, 1.807) is 0 Å². The Labute approximate surface area is 73.4 Å². The van der Waals surface area contributed by atoms with Crippen molar-refractivity contribution >= 4 is 5.96 Å². The van der Waals surface area contributed by atoms with Gasteiger partial charge >= 0.3 is 0 Å². The minimum absolute atomic E-state index is 0.220. The second kappa shape index (κ2) is 4.01. The van der Waals surface area contributed by atoms with E-state index in [0.29, 0.717) is 18.4 Å². The van der Waals surface area contributed by atoms with Crippen LogP contribution in [0.5, 0.6) is 0 Å². The predicted molar refractivity (Wildman–Crippen MR) is 50.7 cm³/mol. The third kappa shape index (κ3) is 3.29. The molecule has 0 heterocycles. The Morgan fingerprint density at radius 1 is 1.83 bits per heavy atom. The number of rotatable bonds is 3. The summed E-state index contributed by atoms with van der Waals surface area (Å²) in [5, 5.41) is 3.04. The van der Waals surface area contributed by atoms with E-state index in [9.17, 15) is 0 Å². The number of nitrogens with zero attached hydrogens (tertiary/aromatic N) is 1. The summed E-state index contributed by atoms with van der Waals surface area (Å²) < 4.78 is 0. The smallest absolute Gasteiger partial charge is 0.189 e. The number of guanidine groups is 1. The molecule has 0 spiro atoms. The Kier molecular flexibility index (Phi) is 2.98. The number of aliphatic imine (C=N–C) groups is 1. The van der Waals surface area contributed by atoms with E-state index < -0.39 is 0 Å². The molecule has 1 fully saturated rings. The molecule has 12 heavy (non-hydrogen) atoms. The lowest BCUT2D eigenvalue weighted by molar-refractivity contribution is 0.677. The first-order valence-electron chi connectivity index (χ1n) is 4.25. The van der Waals surface area contributed by atoms with Gasteiger partial charge in [0.15, 0.2) is 5.96 Å². The monoisotopic (exact) mass is 165 g/mol. The van der Waals surface area contributed by atoms with Gasteiger partial charge in [-0.25, -0.2) is 0 Å². The van der Waals surface area contributed by atoms with Crippen LogP contribution in [-0.4, -0.2) is 18.0 Å². The van der Waals surface area contributed by atoms with Gasteiger partial charge in [0, 0.05) is 12.5 Å². The van der Waals surface area contributed by atoms with Gasteiger partial charge in [0.1, 0.15) is 0 Å². The van der Waals surface area contributed by atoms with Crippen molar-refractivity contribution in [3.8, 4) is 12.3 Å². The summed E-state index contributed by atoms with van der Waals surface area (Å²) in [6.07, 6.45) is 8.17. The normalized spacial score (nSPS) is 19.8. The van der Waals surface area contributed by atoms with Crippen LogP contribution < -0.4 is 11.1 Å². The maximum atomic E-state index is 5.62. The second-order valence-corrected chi connectivity index (χ2v) is 3.20. The molecule has 0 aromatic rings. The van der Waals surface area contributed by atoms with Crippen LogP contribution in [-0.2, 0) is 0 Å². The van der Waals surface area contributed by atoms with E-state index in [0.717, 1.165) is 0 Å². The Morgan fingerprint density at radius 2 is 2.50 bits per heavy atom. The molecule has 66 valence electrons. The van der Waals surface area contributed by atoms with Crippen molar-refractivity contribution in [3.05, 3.63) is 0 Å². The van der Waals surface area contributed by atoms with Gasteiger partial charge in [-0.05, 0) is 19.8 Å². The lowest BCUT2D eigenvalue weighted by Crippen LogP contribution is -2.38. The molecular weight excluding hydrogens is 150 g/mol. The Hall–Kier alpha value is -1.17. The molecule has 0 amide bonds. The highest BCUT2D eigenvalue weighted by Gasteiger charge is 2.20. The molecule has 1 saturated carbocycles. The zero-order valence-electron chi connectivity index (χ0n) is 7.38. The second-order valence-electron chi connectivity index (χ2n) is 3.20. The summed E-state index contributed by atoms with van der Waals surface area (Å²) in [7, 11) is 0. The fraction of sp³-hybridized carbons (Fsp3) is 0.667. The van der Waals surface area contributed by atoms with E-state index in [-0.39, 0.29) is 6.04 Å². The summed E-state index contributed by atoms with van der Waals surface area (Å²) in [4.78, 5) is 4.23. The van der Waals surface area contributed by atoms with Crippen LogP contribution in [0.25, 0.3) is 0 Å². The van der Waals surface area contributed by atoms with Crippen molar-refractivity contribution in [2.75, 3.05) is 0 Å². The molecule has 0 saturated heterocycles. The summed E-state index contributed by atoms with van der Waals surface area (Å²) in [6, 6.07) is 0.688. The van der Waals surface area contributed by atoms with E-state index in [1.807, 2.05) is 6.92 Å². The highest BCUT2D eigenvalue weighted by Crippen LogP contribution is 2.22. The van der Waals surface area contributed by atoms with Gasteiger partial charge in [-0.2, -0.15) is 0 Å². The molecule has 1 atom stereocenters. The lowest BCUT2D eigenvalue weighted by Gasteiger charge is -2.10. The van der Waals surface area contributed by atoms with E-state index >= 15 is 0 Å². The van der Waals surface area contributed by atoms with Crippen molar-refractivity contribution in [1.29, 1.82) is 0 Å². The molecule has 0 aromatic carbocycles. The van der Waals surface area contributed by atoms with Crippen molar-refractivity contribution in [3.63, 3.8) is 0 Å². The Morgan fingerprint density at radius 3 is 3.00 bits per heavy atom. The summed E-state index contributed by atoms with van der Waals surface area (Å²) in [5.41, 5.74) is 5.62. The average Bonchev–Trinajstić information content (AvgIpc) is 2.71. The zero-order valence-corrected chi connectivity index (χ0v) is 7.38. The number of terminal acetylenes is 1. The quantitative estimate of drug-likeness (QED) is 0.363. The molecule has 3 heteroatoms. The van der Waals surface area contributed by atoms with Gasteiger partial charge in [0.05, 0.1) is 6.04 Å². The molecule has 1 aliphatic carbocycles. The van der Waals surface area contributed by atoms with Gasteiger partial charge < -0.3 is 11.1 Å². The molecule has 0 aliphatic heterocycles. The topological polar surface area (TPSA) is 50.4 Å². The largest absolute Gasteiger partial charge is 0.370 e. The molecule has 3 N–H and O–H groups in total. The molecule has 0 bridgehead atoms. The number of nitrogens with one attached hydrogen (secondary N) is 1. The molecular formula is C9H15N3. The predicted octanol–water partition coefficient (Wildman–Crippen LogP) is 0.465. The molecule has 1 rings (SSSR count). The highest BCUT2D eigenvalue weighted by molar-refractivity contribution is 5.78. The van der Waals surface area contributed by atoms with Crippen LogP contribution in [0.1, 0.15) is 26.2 Å². The van der Waals surface area contributed by atoms with E-state index in [4.69, 9.17) is 12.2 Å². The fourth-order valence-corrected chi connectivity index (χ4v) is 0.918. The molecule has 0 aromatic heterocycles. The molecule has 1 unspecified atom stereocenters. The molecule has 3 nitrogen and oxygen atoms in total. The van der Waals surface area contributed by atoms with Crippen LogP contribution in [0, 0.1) is 12.3 Å². The van der Waals surface area contributed by atoms with Crippen LogP contribution in [0.3, 0.4) is 0 Å². The van der Waals surface area contributed by atoms with Gasteiger partial charge in [0.25, 0.3) is 0 Å². The van der Waals surface area contributed by atoms with Crippen LogP contribution >= 0.6 is 0 Å². The number of nitrogens with two attached hydrogens (primary N) is 1. The number of hydrogen-bond donors (Lipinski definition) is 2. The Bertz CT molecular complexity index is 210. The van der Waals surface area contributed by atoms with Crippen LogP contribution in [0.15, 0.2) is 4.99 Å². The highest BCUT2D eigenvalue weighted by atomic mass is 15.1. The SMILES string of the molecule is C#CCC(C)NC(N)=NC1CC1.